The van der Waals surface area contributed by atoms with Crippen LogP contribution < -0.4 is 15.0 Å². The normalized spacial score (nSPS) is 18.9. The summed E-state index contributed by atoms with van der Waals surface area (Å²) in [6, 6.07) is 7.03. The van der Waals surface area contributed by atoms with Gasteiger partial charge in [-0.1, -0.05) is 12.1 Å². The first kappa shape index (κ1) is 23.9. The molecular formula is C23H22F5N3O3. The molecule has 2 aromatic rings. The molecule has 6 nitrogen and oxygen atoms in total. The number of likely N-dealkylation sites (tertiary alicyclic amines) is 1. The number of carbonyl (C=O) groups is 2. The third kappa shape index (κ3) is 4.70. The number of nitrogens with zero attached hydrogens (tertiary/aromatic N) is 2. The second-order valence-corrected chi connectivity index (χ2v) is 8.52. The van der Waals surface area contributed by atoms with Gasteiger partial charge < -0.3 is 15.0 Å². The summed E-state index contributed by atoms with van der Waals surface area (Å²) in [6.07, 6.45) is -5.31. The van der Waals surface area contributed by atoms with Crippen molar-refractivity contribution in [2.45, 2.75) is 32.7 Å². The highest BCUT2D eigenvalue weighted by Gasteiger charge is 2.47. The molecule has 2 aromatic carbocycles. The van der Waals surface area contributed by atoms with Crippen molar-refractivity contribution < 1.29 is 36.3 Å². The Kier molecular flexibility index (Phi) is 6.24. The van der Waals surface area contributed by atoms with Crippen LogP contribution in [0.15, 0.2) is 30.3 Å². The first-order valence-corrected chi connectivity index (χ1v) is 10.6. The Hall–Kier alpha value is -3.21. The molecule has 1 atom stereocenters. The monoisotopic (exact) mass is 483 g/mol. The number of anilines is 2. The van der Waals surface area contributed by atoms with E-state index < -0.39 is 41.6 Å². The summed E-state index contributed by atoms with van der Waals surface area (Å²) < 4.78 is 72.0. The highest BCUT2D eigenvalue weighted by molar-refractivity contribution is 6.01. The van der Waals surface area contributed by atoms with E-state index in [1.807, 2.05) is 0 Å². The van der Waals surface area contributed by atoms with E-state index in [1.165, 1.54) is 54.0 Å². The van der Waals surface area contributed by atoms with Gasteiger partial charge in [0.05, 0.1) is 30.4 Å². The fraction of sp³-hybridized carbons (Fsp3) is 0.391. The number of benzene rings is 2. The highest BCUT2D eigenvalue weighted by atomic mass is 19.4. The zero-order chi connectivity index (χ0) is 24.8. The van der Waals surface area contributed by atoms with E-state index >= 15 is 4.39 Å². The van der Waals surface area contributed by atoms with Crippen LogP contribution >= 0.6 is 0 Å². The largest absolute Gasteiger partial charge is 0.476 e. The molecule has 1 unspecified atom stereocenters. The Balaban J connectivity index is 1.53. The minimum atomic E-state index is -4.31. The lowest BCUT2D eigenvalue weighted by atomic mass is 10.00. The molecule has 34 heavy (non-hydrogen) atoms. The average molecular weight is 483 g/mol. The third-order valence-electron chi connectivity index (χ3n) is 5.90. The number of alkyl halides is 3. The molecule has 1 N–H and O–H groups in total. The molecule has 0 aromatic heterocycles. The van der Waals surface area contributed by atoms with E-state index in [0.717, 1.165) is 0 Å². The Bertz CT molecular complexity index is 1110. The van der Waals surface area contributed by atoms with Crippen LogP contribution in [-0.2, 0) is 16.1 Å². The van der Waals surface area contributed by atoms with Crippen LogP contribution in [0.25, 0.3) is 0 Å². The quantitative estimate of drug-likeness (QED) is 0.653. The van der Waals surface area contributed by atoms with E-state index in [0.29, 0.717) is 11.1 Å². The Morgan fingerprint density at radius 3 is 2.44 bits per heavy atom. The topological polar surface area (TPSA) is 61.9 Å². The summed E-state index contributed by atoms with van der Waals surface area (Å²) >= 11 is 0. The predicted octanol–water partition coefficient (Wildman–Crippen LogP) is 4.02. The van der Waals surface area contributed by atoms with Crippen molar-refractivity contribution in [2.75, 3.05) is 29.9 Å². The van der Waals surface area contributed by atoms with E-state index in [9.17, 15) is 27.2 Å². The van der Waals surface area contributed by atoms with Gasteiger partial charge in [-0.25, -0.2) is 8.78 Å². The minimum Gasteiger partial charge on any atom is -0.476 e. The van der Waals surface area contributed by atoms with Crippen molar-refractivity contribution in [1.82, 2.24) is 4.90 Å². The smallest absolute Gasteiger partial charge is 0.394 e. The maximum absolute atomic E-state index is 15.4. The Morgan fingerprint density at radius 1 is 1.18 bits per heavy atom. The summed E-state index contributed by atoms with van der Waals surface area (Å²) in [6.45, 7) is 2.16. The molecule has 2 aliphatic rings. The summed E-state index contributed by atoms with van der Waals surface area (Å²) in [5, 5.41) is 2.42. The molecule has 2 amide bonds. The number of carbonyl (C=O) groups excluding carboxylic acids is 2. The number of halogens is 5. The van der Waals surface area contributed by atoms with Crippen LogP contribution in [-0.4, -0.2) is 48.6 Å². The number of rotatable bonds is 5. The maximum atomic E-state index is 15.4. The summed E-state index contributed by atoms with van der Waals surface area (Å²) in [5.74, 6) is -4.09. The van der Waals surface area contributed by atoms with Gasteiger partial charge in [0.15, 0.2) is 17.7 Å². The van der Waals surface area contributed by atoms with Crippen LogP contribution in [0, 0.1) is 24.5 Å². The summed E-state index contributed by atoms with van der Waals surface area (Å²) in [7, 11) is 0. The van der Waals surface area contributed by atoms with Gasteiger partial charge in [-0.3, -0.25) is 14.5 Å². The van der Waals surface area contributed by atoms with Crippen LogP contribution in [0.4, 0.5) is 33.3 Å². The molecule has 0 saturated carbocycles. The molecular weight excluding hydrogens is 461 g/mol. The second-order valence-electron chi connectivity index (χ2n) is 8.52. The van der Waals surface area contributed by atoms with E-state index in [4.69, 9.17) is 4.74 Å². The van der Waals surface area contributed by atoms with Crippen LogP contribution in [0.2, 0.25) is 0 Å². The van der Waals surface area contributed by atoms with Gasteiger partial charge in [0.2, 0.25) is 5.91 Å². The van der Waals surface area contributed by atoms with Crippen molar-refractivity contribution in [3.63, 3.8) is 0 Å². The Labute approximate surface area is 192 Å². The van der Waals surface area contributed by atoms with Crippen LogP contribution in [0.3, 0.4) is 0 Å². The predicted molar refractivity (Wildman–Crippen MR) is 113 cm³/mol. The zero-order valence-electron chi connectivity index (χ0n) is 18.4. The molecule has 0 aliphatic carbocycles. The number of hydrogen-bond donors (Lipinski definition) is 1. The minimum absolute atomic E-state index is 0.0553. The fourth-order valence-electron chi connectivity index (χ4n) is 4.00. The van der Waals surface area contributed by atoms with Crippen molar-refractivity contribution in [3.8, 4) is 5.75 Å². The van der Waals surface area contributed by atoms with E-state index in [1.54, 1.807) is 0 Å². The molecule has 0 radical (unpaired) electrons. The SMILES string of the molecule is Cc1cc2c(c(F)c1NC(=O)CN1CC(C(F)(F)F)C1)OC(C)C(=O)N2Cc1ccc(F)cc1. The molecule has 182 valence electrons. The number of aryl methyl sites for hydroxylation is 1. The summed E-state index contributed by atoms with van der Waals surface area (Å²) in [4.78, 5) is 27.8. The van der Waals surface area contributed by atoms with Gasteiger partial charge in [0.25, 0.3) is 5.91 Å². The lowest BCUT2D eigenvalue weighted by Gasteiger charge is -2.39. The molecule has 4 rings (SSSR count). The fourth-order valence-corrected chi connectivity index (χ4v) is 4.00. The van der Waals surface area contributed by atoms with Crippen molar-refractivity contribution in [1.29, 1.82) is 0 Å². The van der Waals surface area contributed by atoms with Gasteiger partial charge in [-0.15, -0.1) is 0 Å². The van der Waals surface area contributed by atoms with Crippen LogP contribution in [0.1, 0.15) is 18.1 Å². The van der Waals surface area contributed by atoms with Crippen molar-refractivity contribution in [3.05, 3.63) is 53.1 Å². The molecule has 1 fully saturated rings. The first-order valence-electron chi connectivity index (χ1n) is 10.6. The maximum Gasteiger partial charge on any atom is 0.394 e. The van der Waals surface area contributed by atoms with E-state index in [2.05, 4.69) is 5.32 Å². The Morgan fingerprint density at radius 2 is 1.82 bits per heavy atom. The number of fused-ring (bicyclic) bond motifs is 1. The lowest BCUT2D eigenvalue weighted by molar-refractivity contribution is -0.208. The molecule has 0 bridgehead atoms. The number of amides is 2. The standard InChI is InChI=1S/C23H22F5N3O3/c1-12-7-17-21(34-13(2)22(33)31(17)8-14-3-5-16(24)6-4-14)19(25)20(12)29-18(32)11-30-9-15(10-30)23(26,27)28/h3-7,13,15H,8-11H2,1-2H3,(H,29,32). The number of hydrogen-bond acceptors (Lipinski definition) is 4. The zero-order valence-corrected chi connectivity index (χ0v) is 18.4. The molecule has 11 heteroatoms. The van der Waals surface area contributed by atoms with Crippen molar-refractivity contribution >= 4 is 23.2 Å². The van der Waals surface area contributed by atoms with Gasteiger partial charge in [0, 0.05) is 13.1 Å². The van der Waals surface area contributed by atoms with Gasteiger partial charge >= 0.3 is 6.18 Å². The van der Waals surface area contributed by atoms with Gasteiger partial charge in [0.1, 0.15) is 5.82 Å². The first-order chi connectivity index (χ1) is 15.9. The second kappa shape index (κ2) is 8.86. The van der Waals surface area contributed by atoms with Gasteiger partial charge in [-0.2, -0.15) is 13.2 Å². The molecule has 1 saturated heterocycles. The molecule has 2 aliphatic heterocycles. The van der Waals surface area contributed by atoms with Crippen LogP contribution in [0.5, 0.6) is 5.75 Å². The molecule has 0 spiro atoms. The number of ether oxygens (including phenoxy) is 1. The van der Waals surface area contributed by atoms with Crippen molar-refractivity contribution in [2.24, 2.45) is 5.92 Å². The lowest BCUT2D eigenvalue weighted by Crippen LogP contribution is -2.55. The number of nitrogens with one attached hydrogen (secondary N) is 1. The van der Waals surface area contributed by atoms with E-state index in [-0.39, 0.29) is 43.3 Å². The highest BCUT2D eigenvalue weighted by Crippen LogP contribution is 2.42. The van der Waals surface area contributed by atoms with Gasteiger partial charge in [-0.05, 0) is 43.2 Å². The molecule has 2 heterocycles. The third-order valence-corrected chi connectivity index (χ3v) is 5.90. The average Bonchev–Trinajstić information content (AvgIpc) is 2.72. The summed E-state index contributed by atoms with van der Waals surface area (Å²) in [5.41, 5.74) is 0.921.